The van der Waals surface area contributed by atoms with Crippen LogP contribution in [0.3, 0.4) is 0 Å². The van der Waals surface area contributed by atoms with E-state index < -0.39 is 0 Å². The number of rotatable bonds is 5. The van der Waals surface area contributed by atoms with E-state index in [1.165, 1.54) is 12.0 Å². The highest BCUT2D eigenvalue weighted by Crippen LogP contribution is 2.26. The Morgan fingerprint density at radius 2 is 2.10 bits per heavy atom. The Morgan fingerprint density at radius 3 is 2.90 bits per heavy atom. The average Bonchev–Trinajstić information content (AvgIpc) is 3.14. The van der Waals surface area contributed by atoms with E-state index in [0.29, 0.717) is 12.0 Å². The Bertz CT molecular complexity index is 538. The minimum Gasteiger partial charge on any atom is -0.396 e. The van der Waals surface area contributed by atoms with Crippen LogP contribution in [0, 0.1) is 5.92 Å². The van der Waals surface area contributed by atoms with E-state index in [1.807, 2.05) is 24.4 Å². The third kappa shape index (κ3) is 2.76. The molecule has 1 aliphatic rings. The van der Waals surface area contributed by atoms with Crippen molar-refractivity contribution >= 4 is 0 Å². The van der Waals surface area contributed by atoms with E-state index in [2.05, 4.69) is 27.6 Å². The number of nitrogens with zero attached hydrogens (tertiary/aromatic N) is 1. The molecule has 4 heteroatoms. The zero-order valence-electron chi connectivity index (χ0n) is 11.5. The topological polar surface area (TPSA) is 60.9 Å². The van der Waals surface area contributed by atoms with Crippen molar-refractivity contribution < 1.29 is 5.11 Å². The summed E-state index contributed by atoms with van der Waals surface area (Å²) < 4.78 is 0. The van der Waals surface area contributed by atoms with Gasteiger partial charge in [0.2, 0.25) is 0 Å². The maximum Gasteiger partial charge on any atom is 0.0695 e. The van der Waals surface area contributed by atoms with Gasteiger partial charge in [0.1, 0.15) is 0 Å². The van der Waals surface area contributed by atoms with Crippen molar-refractivity contribution in [2.24, 2.45) is 5.92 Å². The molecule has 3 rings (SSSR count). The third-order valence-corrected chi connectivity index (χ3v) is 4.23. The Balaban J connectivity index is 1.68. The molecule has 0 amide bonds. The summed E-state index contributed by atoms with van der Waals surface area (Å²) in [5.41, 5.74) is 3.42. The van der Waals surface area contributed by atoms with Gasteiger partial charge in [-0.25, -0.2) is 0 Å². The molecule has 1 heterocycles. The summed E-state index contributed by atoms with van der Waals surface area (Å²) in [5, 5.41) is 20.2. The van der Waals surface area contributed by atoms with Crippen LogP contribution in [0.2, 0.25) is 0 Å². The van der Waals surface area contributed by atoms with Gasteiger partial charge in [-0.3, -0.25) is 5.10 Å². The van der Waals surface area contributed by atoms with Crippen molar-refractivity contribution in [2.45, 2.75) is 31.8 Å². The predicted octanol–water partition coefficient (Wildman–Crippen LogP) is 2.33. The van der Waals surface area contributed by atoms with Crippen molar-refractivity contribution in [3.8, 4) is 11.3 Å². The SMILES string of the molecule is OCC1CCCC1NCc1cn[nH]c1-c1ccccc1. The van der Waals surface area contributed by atoms with Crippen molar-refractivity contribution in [3.63, 3.8) is 0 Å². The van der Waals surface area contributed by atoms with Crippen molar-refractivity contribution in [3.05, 3.63) is 42.1 Å². The van der Waals surface area contributed by atoms with Crippen LogP contribution >= 0.6 is 0 Å². The largest absolute Gasteiger partial charge is 0.396 e. The van der Waals surface area contributed by atoms with Gasteiger partial charge in [0.05, 0.1) is 11.9 Å². The number of hydrogen-bond acceptors (Lipinski definition) is 3. The fraction of sp³-hybridized carbons (Fsp3) is 0.438. The van der Waals surface area contributed by atoms with Gasteiger partial charge < -0.3 is 10.4 Å². The number of aromatic nitrogens is 2. The molecule has 0 spiro atoms. The molecule has 0 saturated heterocycles. The summed E-state index contributed by atoms with van der Waals surface area (Å²) in [4.78, 5) is 0. The fourth-order valence-electron chi connectivity index (χ4n) is 3.07. The van der Waals surface area contributed by atoms with Crippen LogP contribution in [-0.4, -0.2) is 28.0 Å². The lowest BCUT2D eigenvalue weighted by Gasteiger charge is -2.19. The molecule has 1 aromatic carbocycles. The molecule has 1 saturated carbocycles. The zero-order chi connectivity index (χ0) is 13.8. The van der Waals surface area contributed by atoms with Gasteiger partial charge in [-0.05, 0) is 24.3 Å². The van der Waals surface area contributed by atoms with Crippen LogP contribution in [0.4, 0.5) is 0 Å². The molecule has 2 aromatic rings. The molecule has 2 unspecified atom stereocenters. The Morgan fingerprint density at radius 1 is 1.25 bits per heavy atom. The molecular formula is C16H21N3O. The first-order chi connectivity index (χ1) is 9.88. The number of aliphatic hydroxyl groups excluding tert-OH is 1. The molecule has 2 atom stereocenters. The van der Waals surface area contributed by atoms with Crippen LogP contribution < -0.4 is 5.32 Å². The second-order valence-electron chi connectivity index (χ2n) is 5.50. The van der Waals surface area contributed by atoms with E-state index >= 15 is 0 Å². The maximum absolute atomic E-state index is 9.37. The Hall–Kier alpha value is -1.65. The summed E-state index contributed by atoms with van der Waals surface area (Å²) in [7, 11) is 0. The van der Waals surface area contributed by atoms with E-state index in [1.54, 1.807) is 0 Å². The van der Waals surface area contributed by atoms with Crippen LogP contribution in [0.25, 0.3) is 11.3 Å². The third-order valence-electron chi connectivity index (χ3n) is 4.23. The lowest BCUT2D eigenvalue weighted by Crippen LogP contribution is -2.33. The molecule has 106 valence electrons. The zero-order valence-corrected chi connectivity index (χ0v) is 11.5. The second kappa shape index (κ2) is 6.20. The second-order valence-corrected chi connectivity index (χ2v) is 5.50. The first-order valence-electron chi connectivity index (χ1n) is 7.30. The smallest absolute Gasteiger partial charge is 0.0695 e. The normalized spacial score (nSPS) is 22.2. The van der Waals surface area contributed by atoms with Gasteiger partial charge in [-0.2, -0.15) is 5.10 Å². The fourth-order valence-corrected chi connectivity index (χ4v) is 3.07. The number of aliphatic hydroxyl groups is 1. The maximum atomic E-state index is 9.37. The molecule has 0 aliphatic heterocycles. The highest BCUT2D eigenvalue weighted by atomic mass is 16.3. The summed E-state index contributed by atoms with van der Waals surface area (Å²) in [6.45, 7) is 1.08. The molecule has 1 fully saturated rings. The first kappa shape index (κ1) is 13.3. The van der Waals surface area contributed by atoms with Crippen LogP contribution in [0.1, 0.15) is 24.8 Å². The van der Waals surface area contributed by atoms with E-state index in [0.717, 1.165) is 30.6 Å². The van der Waals surface area contributed by atoms with E-state index in [-0.39, 0.29) is 6.61 Å². The average molecular weight is 271 g/mol. The number of aromatic amines is 1. The monoisotopic (exact) mass is 271 g/mol. The molecule has 0 radical (unpaired) electrons. The van der Waals surface area contributed by atoms with Crippen molar-refractivity contribution in [1.29, 1.82) is 0 Å². The number of nitrogens with one attached hydrogen (secondary N) is 2. The lowest BCUT2D eigenvalue weighted by molar-refractivity contribution is 0.205. The molecule has 20 heavy (non-hydrogen) atoms. The van der Waals surface area contributed by atoms with Gasteiger partial charge in [-0.1, -0.05) is 36.8 Å². The number of hydrogen-bond donors (Lipinski definition) is 3. The molecule has 1 aliphatic carbocycles. The number of H-pyrrole nitrogens is 1. The van der Waals surface area contributed by atoms with Crippen LogP contribution in [0.5, 0.6) is 0 Å². The van der Waals surface area contributed by atoms with E-state index in [9.17, 15) is 5.11 Å². The van der Waals surface area contributed by atoms with Crippen LogP contribution in [-0.2, 0) is 6.54 Å². The minimum absolute atomic E-state index is 0.286. The van der Waals surface area contributed by atoms with Crippen molar-refractivity contribution in [1.82, 2.24) is 15.5 Å². The molecular weight excluding hydrogens is 250 g/mol. The summed E-state index contributed by atoms with van der Waals surface area (Å²) in [6, 6.07) is 10.7. The lowest BCUT2D eigenvalue weighted by atomic mass is 10.0. The molecule has 1 aromatic heterocycles. The summed E-state index contributed by atoms with van der Waals surface area (Å²) >= 11 is 0. The first-order valence-corrected chi connectivity index (χ1v) is 7.30. The van der Waals surface area contributed by atoms with Gasteiger partial charge in [0.25, 0.3) is 0 Å². The molecule has 0 bridgehead atoms. The minimum atomic E-state index is 0.286. The quantitative estimate of drug-likeness (QED) is 0.782. The highest BCUT2D eigenvalue weighted by Gasteiger charge is 2.26. The van der Waals surface area contributed by atoms with E-state index in [4.69, 9.17) is 0 Å². The Labute approximate surface area is 119 Å². The Kier molecular flexibility index (Phi) is 4.14. The van der Waals surface area contributed by atoms with Gasteiger partial charge in [0.15, 0.2) is 0 Å². The van der Waals surface area contributed by atoms with Crippen molar-refractivity contribution in [2.75, 3.05) is 6.61 Å². The molecule has 4 nitrogen and oxygen atoms in total. The predicted molar refractivity (Wildman–Crippen MR) is 79.1 cm³/mol. The van der Waals surface area contributed by atoms with Gasteiger partial charge in [-0.15, -0.1) is 0 Å². The van der Waals surface area contributed by atoms with Crippen LogP contribution in [0.15, 0.2) is 36.5 Å². The van der Waals surface area contributed by atoms with Gasteiger partial charge >= 0.3 is 0 Å². The molecule has 3 N–H and O–H groups in total. The summed E-state index contributed by atoms with van der Waals surface area (Å²) in [5.74, 6) is 0.405. The van der Waals surface area contributed by atoms with Gasteiger partial charge in [0, 0.05) is 24.8 Å². The number of benzene rings is 1. The summed E-state index contributed by atoms with van der Waals surface area (Å²) in [6.07, 6.45) is 5.38. The standard InChI is InChI=1S/C16H21N3O/c20-11-13-7-4-8-15(13)17-9-14-10-18-19-16(14)12-5-2-1-3-6-12/h1-3,5-6,10,13,15,17,20H,4,7-9,11H2,(H,18,19). The highest BCUT2D eigenvalue weighted by molar-refractivity contribution is 5.62.